The van der Waals surface area contributed by atoms with E-state index in [9.17, 15) is 4.79 Å². The number of thioether (sulfide) groups is 1. The topological polar surface area (TPSA) is 29.1 Å². The molecule has 2 rings (SSSR count). The summed E-state index contributed by atoms with van der Waals surface area (Å²) >= 11 is 1.76. The monoisotopic (exact) mass is 285 g/mol. The third kappa shape index (κ3) is 4.14. The van der Waals surface area contributed by atoms with Crippen LogP contribution < -0.4 is 5.32 Å². The first kappa shape index (κ1) is 14.7. The van der Waals surface area contributed by atoms with E-state index in [-0.39, 0.29) is 5.91 Å². The first-order valence-electron chi connectivity index (χ1n) is 6.69. The van der Waals surface area contributed by atoms with Gasteiger partial charge in [-0.2, -0.15) is 0 Å². The van der Waals surface area contributed by atoms with Crippen molar-refractivity contribution in [1.29, 1.82) is 0 Å². The third-order valence-corrected chi connectivity index (χ3v) is 3.77. The highest BCUT2D eigenvalue weighted by atomic mass is 32.2. The van der Waals surface area contributed by atoms with Crippen LogP contribution in [0.15, 0.2) is 53.4 Å². The average molecular weight is 285 g/mol. The molecule has 2 aromatic rings. The number of hydrogen-bond acceptors (Lipinski definition) is 2. The second kappa shape index (κ2) is 6.62. The van der Waals surface area contributed by atoms with Crippen molar-refractivity contribution in [2.45, 2.75) is 30.9 Å². The van der Waals surface area contributed by atoms with E-state index in [4.69, 9.17) is 0 Å². The number of nitrogens with one attached hydrogen (secondary N) is 1. The van der Waals surface area contributed by atoms with Crippen LogP contribution in [0.4, 0.5) is 5.69 Å². The minimum absolute atomic E-state index is 0.0694. The Kier molecular flexibility index (Phi) is 4.85. The Hall–Kier alpha value is -1.74. The van der Waals surface area contributed by atoms with Gasteiger partial charge < -0.3 is 5.32 Å². The average Bonchev–Trinajstić information content (AvgIpc) is 2.41. The maximum Gasteiger partial charge on any atom is 0.255 e. The SMILES string of the molecule is Cc1ccc(NC(=O)c2cccc(SC(C)C)c2)cc1. The summed E-state index contributed by atoms with van der Waals surface area (Å²) in [6, 6.07) is 15.5. The number of anilines is 1. The zero-order valence-corrected chi connectivity index (χ0v) is 12.8. The van der Waals surface area contributed by atoms with Crippen LogP contribution in [0.25, 0.3) is 0 Å². The van der Waals surface area contributed by atoms with Gasteiger partial charge in [0.15, 0.2) is 0 Å². The van der Waals surface area contributed by atoms with Gasteiger partial charge >= 0.3 is 0 Å². The number of carbonyl (C=O) groups excluding carboxylic acids is 1. The summed E-state index contributed by atoms with van der Waals surface area (Å²) in [7, 11) is 0. The van der Waals surface area contributed by atoms with Crippen molar-refractivity contribution >= 4 is 23.4 Å². The molecule has 0 saturated heterocycles. The fourth-order valence-corrected chi connectivity index (χ4v) is 2.72. The molecule has 0 saturated carbocycles. The lowest BCUT2D eigenvalue weighted by atomic mass is 10.2. The van der Waals surface area contributed by atoms with E-state index in [1.54, 1.807) is 11.8 Å². The first-order valence-corrected chi connectivity index (χ1v) is 7.57. The Morgan fingerprint density at radius 2 is 1.80 bits per heavy atom. The number of aryl methyl sites for hydroxylation is 1. The summed E-state index contributed by atoms with van der Waals surface area (Å²) in [6.45, 7) is 6.31. The molecule has 1 N–H and O–H groups in total. The maximum absolute atomic E-state index is 12.2. The molecule has 0 aromatic heterocycles. The molecule has 0 spiro atoms. The van der Waals surface area contributed by atoms with Gasteiger partial charge in [0, 0.05) is 21.4 Å². The lowest BCUT2D eigenvalue weighted by Crippen LogP contribution is -2.11. The molecule has 20 heavy (non-hydrogen) atoms. The molecule has 0 bridgehead atoms. The highest BCUT2D eigenvalue weighted by molar-refractivity contribution is 7.99. The van der Waals surface area contributed by atoms with Gasteiger partial charge in [-0.3, -0.25) is 4.79 Å². The largest absolute Gasteiger partial charge is 0.322 e. The molecular formula is C17H19NOS. The number of rotatable bonds is 4. The Labute approximate surface area is 124 Å². The van der Waals surface area contributed by atoms with Crippen LogP contribution in [0, 0.1) is 6.92 Å². The molecule has 0 atom stereocenters. The molecule has 0 aliphatic carbocycles. The summed E-state index contributed by atoms with van der Waals surface area (Å²) in [5.74, 6) is -0.0694. The van der Waals surface area contributed by atoms with E-state index >= 15 is 0 Å². The molecule has 3 heteroatoms. The maximum atomic E-state index is 12.2. The summed E-state index contributed by atoms with van der Waals surface area (Å²) in [6.07, 6.45) is 0. The minimum atomic E-state index is -0.0694. The van der Waals surface area contributed by atoms with Crippen molar-refractivity contribution in [3.63, 3.8) is 0 Å². The molecule has 1 amide bonds. The van der Waals surface area contributed by atoms with Gasteiger partial charge in [0.05, 0.1) is 0 Å². The highest BCUT2D eigenvalue weighted by Gasteiger charge is 2.07. The van der Waals surface area contributed by atoms with Crippen LogP contribution in [0.3, 0.4) is 0 Å². The molecule has 0 unspecified atom stereocenters. The van der Waals surface area contributed by atoms with Crippen LogP contribution in [-0.2, 0) is 0 Å². The van der Waals surface area contributed by atoms with Crippen molar-refractivity contribution in [2.24, 2.45) is 0 Å². The molecule has 0 fully saturated rings. The van der Waals surface area contributed by atoms with Crippen molar-refractivity contribution in [3.05, 3.63) is 59.7 Å². The summed E-state index contributed by atoms with van der Waals surface area (Å²) < 4.78 is 0. The first-order chi connectivity index (χ1) is 9.54. The smallest absolute Gasteiger partial charge is 0.255 e. The Morgan fingerprint density at radius 3 is 2.45 bits per heavy atom. The number of benzene rings is 2. The summed E-state index contributed by atoms with van der Waals surface area (Å²) in [4.78, 5) is 13.3. The van der Waals surface area contributed by atoms with Crippen LogP contribution in [0.1, 0.15) is 29.8 Å². The third-order valence-electron chi connectivity index (χ3n) is 2.78. The van der Waals surface area contributed by atoms with E-state index in [2.05, 4.69) is 19.2 Å². The molecule has 0 aliphatic heterocycles. The number of amides is 1. The van der Waals surface area contributed by atoms with Crippen molar-refractivity contribution in [1.82, 2.24) is 0 Å². The Balaban J connectivity index is 2.10. The van der Waals surface area contributed by atoms with Crippen LogP contribution >= 0.6 is 11.8 Å². The highest BCUT2D eigenvalue weighted by Crippen LogP contribution is 2.23. The van der Waals surface area contributed by atoms with Gasteiger partial charge in [-0.25, -0.2) is 0 Å². The van der Waals surface area contributed by atoms with Gasteiger partial charge in [-0.05, 0) is 37.3 Å². The van der Waals surface area contributed by atoms with Gasteiger partial charge in [0.2, 0.25) is 0 Å². The quantitative estimate of drug-likeness (QED) is 0.821. The van der Waals surface area contributed by atoms with Crippen molar-refractivity contribution in [2.75, 3.05) is 5.32 Å². The van der Waals surface area contributed by atoms with E-state index in [1.807, 2.05) is 55.5 Å². The summed E-state index contributed by atoms with van der Waals surface area (Å²) in [5, 5.41) is 3.42. The fourth-order valence-electron chi connectivity index (χ4n) is 1.82. The molecule has 2 aromatic carbocycles. The zero-order valence-electron chi connectivity index (χ0n) is 12.0. The molecule has 0 aliphatic rings. The Bertz CT molecular complexity index is 590. The molecule has 0 radical (unpaired) electrons. The number of carbonyl (C=O) groups is 1. The lowest BCUT2D eigenvalue weighted by molar-refractivity contribution is 0.102. The predicted octanol–water partition coefficient (Wildman–Crippen LogP) is 4.75. The van der Waals surface area contributed by atoms with E-state index in [1.165, 1.54) is 5.56 Å². The number of hydrogen-bond donors (Lipinski definition) is 1. The lowest BCUT2D eigenvalue weighted by Gasteiger charge is -2.08. The second-order valence-corrected chi connectivity index (χ2v) is 6.66. The second-order valence-electron chi connectivity index (χ2n) is 5.01. The standard InChI is InChI=1S/C17H19NOS/c1-12(2)20-16-6-4-5-14(11-16)17(19)18-15-9-7-13(3)8-10-15/h4-12H,1-3H3,(H,18,19). The van der Waals surface area contributed by atoms with Crippen molar-refractivity contribution < 1.29 is 4.79 Å². The normalized spacial score (nSPS) is 10.6. The van der Waals surface area contributed by atoms with Crippen LogP contribution in [-0.4, -0.2) is 11.2 Å². The predicted molar refractivity (Wildman–Crippen MR) is 86.6 cm³/mol. The molecule has 2 nitrogen and oxygen atoms in total. The van der Waals surface area contributed by atoms with Gasteiger partial charge in [-0.15, -0.1) is 11.8 Å². The molecular weight excluding hydrogens is 266 g/mol. The van der Waals surface area contributed by atoms with Crippen LogP contribution in [0.5, 0.6) is 0 Å². The molecule has 0 heterocycles. The van der Waals surface area contributed by atoms with E-state index < -0.39 is 0 Å². The van der Waals surface area contributed by atoms with Crippen molar-refractivity contribution in [3.8, 4) is 0 Å². The van der Waals surface area contributed by atoms with Crippen LogP contribution in [0.2, 0.25) is 0 Å². The van der Waals surface area contributed by atoms with Gasteiger partial charge in [0.25, 0.3) is 5.91 Å². The van der Waals surface area contributed by atoms with Gasteiger partial charge in [-0.1, -0.05) is 37.6 Å². The van der Waals surface area contributed by atoms with Gasteiger partial charge in [0.1, 0.15) is 0 Å². The molecule has 104 valence electrons. The fraction of sp³-hybridized carbons (Fsp3) is 0.235. The van der Waals surface area contributed by atoms with E-state index in [0.717, 1.165) is 10.6 Å². The zero-order chi connectivity index (χ0) is 14.5. The summed E-state index contributed by atoms with van der Waals surface area (Å²) in [5.41, 5.74) is 2.69. The van der Waals surface area contributed by atoms with E-state index in [0.29, 0.717) is 10.8 Å². The Morgan fingerprint density at radius 1 is 1.10 bits per heavy atom. The minimum Gasteiger partial charge on any atom is -0.322 e.